The van der Waals surface area contributed by atoms with Crippen LogP contribution < -0.4 is 0 Å². The van der Waals surface area contributed by atoms with Crippen LogP contribution in [0.2, 0.25) is 0 Å². The van der Waals surface area contributed by atoms with Gasteiger partial charge in [-0.05, 0) is 32.5 Å². The first-order valence-corrected chi connectivity index (χ1v) is 9.15. The molecule has 1 atom stereocenters. The summed E-state index contributed by atoms with van der Waals surface area (Å²) in [6, 6.07) is 0.694. The van der Waals surface area contributed by atoms with Gasteiger partial charge in [-0.15, -0.1) is 0 Å². The van der Waals surface area contributed by atoms with Crippen molar-refractivity contribution >= 4 is 0 Å². The second-order valence-electron chi connectivity index (χ2n) is 5.92. The molecule has 1 fully saturated rings. The van der Waals surface area contributed by atoms with Gasteiger partial charge in [0.05, 0.1) is 0 Å². The maximum absolute atomic E-state index is 2.43. The van der Waals surface area contributed by atoms with Crippen LogP contribution in [0.4, 0.5) is 0 Å². The highest BCUT2D eigenvalue weighted by molar-refractivity contribution is 4.87. The molecule has 0 amide bonds. The fourth-order valence-electron chi connectivity index (χ4n) is 1.89. The van der Waals surface area contributed by atoms with E-state index in [0.717, 1.165) is 5.92 Å². The number of hydrogen-bond donors (Lipinski definition) is 0. The summed E-state index contributed by atoms with van der Waals surface area (Å²) in [7, 11) is 2.21. The normalized spacial score (nSPS) is 19.1. The van der Waals surface area contributed by atoms with Crippen LogP contribution >= 0.6 is 0 Å². The molecule has 21 heavy (non-hydrogen) atoms. The summed E-state index contributed by atoms with van der Waals surface area (Å²) in [4.78, 5) is 4.85. The first-order chi connectivity index (χ1) is 10.0. The molecule has 0 spiro atoms. The van der Waals surface area contributed by atoms with Gasteiger partial charge in [0.2, 0.25) is 0 Å². The summed E-state index contributed by atoms with van der Waals surface area (Å²) in [6.07, 6.45) is 9.68. The third-order valence-corrected chi connectivity index (χ3v) is 4.16. The zero-order valence-electron chi connectivity index (χ0n) is 16.2. The van der Waals surface area contributed by atoms with Crippen LogP contribution in [0.15, 0.2) is 12.3 Å². The Balaban J connectivity index is 0. The number of allylic oxidation sites excluding steroid dienone is 1. The maximum atomic E-state index is 2.43. The van der Waals surface area contributed by atoms with Gasteiger partial charge >= 0.3 is 0 Å². The van der Waals surface area contributed by atoms with E-state index in [2.05, 4.69) is 63.7 Å². The minimum absolute atomic E-state index is 0.694. The Morgan fingerprint density at radius 1 is 1.10 bits per heavy atom. The second-order valence-corrected chi connectivity index (χ2v) is 5.92. The molecule has 0 aromatic heterocycles. The minimum Gasteiger partial charge on any atom is -0.375 e. The molecule has 0 N–H and O–H groups in total. The number of nitrogens with zero attached hydrogens (tertiary/aromatic N) is 2. The Morgan fingerprint density at radius 3 is 2.05 bits per heavy atom. The summed E-state index contributed by atoms with van der Waals surface area (Å²) < 4.78 is 0. The Kier molecular flexibility index (Phi) is 17.2. The van der Waals surface area contributed by atoms with Crippen molar-refractivity contribution in [3.05, 3.63) is 12.3 Å². The topological polar surface area (TPSA) is 6.48 Å². The first kappa shape index (κ1) is 22.8. The van der Waals surface area contributed by atoms with E-state index in [1.165, 1.54) is 45.3 Å². The lowest BCUT2D eigenvalue weighted by molar-refractivity contribution is 0.139. The van der Waals surface area contributed by atoms with Crippen molar-refractivity contribution in [3.63, 3.8) is 0 Å². The summed E-state index contributed by atoms with van der Waals surface area (Å²) in [5.74, 6) is 0.935. The zero-order valence-corrected chi connectivity index (χ0v) is 16.2. The third-order valence-electron chi connectivity index (χ3n) is 4.16. The molecule has 1 unspecified atom stereocenters. The summed E-state index contributed by atoms with van der Waals surface area (Å²) in [5, 5.41) is 0. The Bertz CT molecular complexity index is 222. The summed E-state index contributed by atoms with van der Waals surface area (Å²) >= 11 is 0. The molecule has 1 heterocycles. The number of likely N-dealkylation sites (N-methyl/N-ethyl adjacent to an activating group) is 1. The smallest absolute Gasteiger partial charge is 0.0326 e. The molecule has 2 heteroatoms. The Labute approximate surface area is 135 Å². The van der Waals surface area contributed by atoms with E-state index in [9.17, 15) is 0 Å². The molecule has 1 aliphatic heterocycles. The molecular formula is C19H42N2. The van der Waals surface area contributed by atoms with E-state index in [4.69, 9.17) is 0 Å². The predicted octanol–water partition coefficient (Wildman–Crippen LogP) is 5.40. The minimum atomic E-state index is 0.694. The highest BCUT2D eigenvalue weighted by Gasteiger charge is 2.17. The Morgan fingerprint density at radius 2 is 1.67 bits per heavy atom. The van der Waals surface area contributed by atoms with Crippen LogP contribution in [0.5, 0.6) is 0 Å². The van der Waals surface area contributed by atoms with Crippen LogP contribution in [0.3, 0.4) is 0 Å². The van der Waals surface area contributed by atoms with Crippen molar-refractivity contribution < 1.29 is 0 Å². The average molecular weight is 299 g/mol. The molecule has 0 aromatic carbocycles. The summed E-state index contributed by atoms with van der Waals surface area (Å²) in [5.41, 5.74) is 0. The van der Waals surface area contributed by atoms with Crippen molar-refractivity contribution in [2.75, 3.05) is 26.7 Å². The van der Waals surface area contributed by atoms with Crippen LogP contribution in [0, 0.1) is 5.92 Å². The van der Waals surface area contributed by atoms with Gasteiger partial charge in [0.1, 0.15) is 0 Å². The summed E-state index contributed by atoms with van der Waals surface area (Å²) in [6.45, 7) is 18.8. The van der Waals surface area contributed by atoms with Crippen molar-refractivity contribution in [1.82, 2.24) is 9.80 Å². The van der Waals surface area contributed by atoms with Gasteiger partial charge in [-0.3, -0.25) is 0 Å². The van der Waals surface area contributed by atoms with Gasteiger partial charge in [0, 0.05) is 25.7 Å². The van der Waals surface area contributed by atoms with Gasteiger partial charge in [0.25, 0.3) is 0 Å². The van der Waals surface area contributed by atoms with Gasteiger partial charge in [-0.25, -0.2) is 0 Å². The molecule has 0 saturated carbocycles. The number of piperazine rings is 1. The highest BCUT2D eigenvalue weighted by Crippen LogP contribution is 2.07. The second kappa shape index (κ2) is 15.9. The first-order valence-electron chi connectivity index (χ1n) is 9.15. The molecule has 0 aliphatic carbocycles. The number of hydrogen-bond acceptors (Lipinski definition) is 2. The molecule has 128 valence electrons. The lowest BCUT2D eigenvalue weighted by Crippen LogP contribution is -2.47. The Hall–Kier alpha value is -0.500. The lowest BCUT2D eigenvalue weighted by Gasteiger charge is -2.37. The molecular weight excluding hydrogens is 256 g/mol. The van der Waals surface area contributed by atoms with Crippen LogP contribution in [0.25, 0.3) is 0 Å². The standard InChI is InChI=1S/C11H22N2.C6H14.C2H6/c1-4-5-6-7-13-9-8-12(3)11(2)10-13;1-4-6(3)5-2;1-2/h6-7,11H,4-5,8-10H2,1-3H3;6H,4-5H2,1-3H3;1-2H3/b7-6+;;. The molecule has 1 rings (SSSR count). The van der Waals surface area contributed by atoms with Crippen molar-refractivity contribution in [3.8, 4) is 0 Å². The van der Waals surface area contributed by atoms with E-state index in [1.54, 1.807) is 0 Å². The zero-order chi connectivity index (χ0) is 16.7. The van der Waals surface area contributed by atoms with E-state index in [0.29, 0.717) is 6.04 Å². The van der Waals surface area contributed by atoms with Crippen LogP contribution in [-0.2, 0) is 0 Å². The van der Waals surface area contributed by atoms with Crippen molar-refractivity contribution in [2.24, 2.45) is 5.92 Å². The lowest BCUT2D eigenvalue weighted by atomic mass is 10.1. The number of rotatable bonds is 5. The molecule has 2 nitrogen and oxygen atoms in total. The molecule has 0 aromatic rings. The van der Waals surface area contributed by atoms with Gasteiger partial charge < -0.3 is 9.80 Å². The van der Waals surface area contributed by atoms with Crippen molar-refractivity contribution in [1.29, 1.82) is 0 Å². The van der Waals surface area contributed by atoms with E-state index < -0.39 is 0 Å². The highest BCUT2D eigenvalue weighted by atomic mass is 15.3. The van der Waals surface area contributed by atoms with E-state index in [-0.39, 0.29) is 0 Å². The fourth-order valence-corrected chi connectivity index (χ4v) is 1.89. The largest absolute Gasteiger partial charge is 0.375 e. The van der Waals surface area contributed by atoms with Crippen LogP contribution in [-0.4, -0.2) is 42.5 Å². The number of unbranched alkanes of at least 4 members (excludes halogenated alkanes) is 1. The molecule has 0 radical (unpaired) electrons. The molecule has 0 bridgehead atoms. The average Bonchev–Trinajstić information content (AvgIpc) is 2.53. The van der Waals surface area contributed by atoms with Gasteiger partial charge in [0.15, 0.2) is 0 Å². The SMILES string of the molecule is CC.CCC(C)CC.CCC/C=C/N1CCN(C)C(C)C1. The van der Waals surface area contributed by atoms with E-state index in [1.807, 2.05) is 13.8 Å². The maximum Gasteiger partial charge on any atom is 0.0326 e. The quantitative estimate of drug-likeness (QED) is 0.670. The van der Waals surface area contributed by atoms with Gasteiger partial charge in [-0.2, -0.15) is 0 Å². The third kappa shape index (κ3) is 12.9. The predicted molar refractivity (Wildman–Crippen MR) is 98.8 cm³/mol. The van der Waals surface area contributed by atoms with Crippen molar-refractivity contribution in [2.45, 2.75) is 80.2 Å². The van der Waals surface area contributed by atoms with Crippen LogP contribution in [0.1, 0.15) is 74.1 Å². The fraction of sp³-hybridized carbons (Fsp3) is 0.895. The molecule has 1 aliphatic rings. The van der Waals surface area contributed by atoms with Gasteiger partial charge in [-0.1, -0.05) is 66.9 Å². The molecule has 1 saturated heterocycles. The monoisotopic (exact) mass is 298 g/mol. The van der Waals surface area contributed by atoms with E-state index >= 15 is 0 Å².